The fourth-order valence-electron chi connectivity index (χ4n) is 0.472. The van der Waals surface area contributed by atoms with Crippen LogP contribution in [0.3, 0.4) is 0 Å². The van der Waals surface area contributed by atoms with Crippen molar-refractivity contribution in [1.29, 1.82) is 0 Å². The van der Waals surface area contributed by atoms with Crippen LogP contribution in [0.5, 0.6) is 0 Å². The van der Waals surface area contributed by atoms with Crippen LogP contribution >= 0.6 is 11.8 Å². The van der Waals surface area contributed by atoms with Gasteiger partial charge in [-0.05, 0) is 12.3 Å². The van der Waals surface area contributed by atoms with E-state index in [4.69, 9.17) is 0 Å². The van der Waals surface area contributed by atoms with Gasteiger partial charge in [-0.3, -0.25) is 0 Å². The molecule has 0 unspecified atom stereocenters. The van der Waals surface area contributed by atoms with Crippen LogP contribution in [0.25, 0.3) is 0 Å². The van der Waals surface area contributed by atoms with Crippen LogP contribution in [0.15, 0.2) is 23.4 Å². The van der Waals surface area contributed by atoms with Crippen molar-refractivity contribution in [2.45, 2.75) is 5.03 Å². The molecule has 48 valence electrons. The van der Waals surface area contributed by atoms with Crippen LogP contribution in [0, 0.1) is 5.21 Å². The molecule has 4 heteroatoms. The normalized spacial score (nSPS) is 9.44. The molecule has 0 saturated heterocycles. The first kappa shape index (κ1) is 6.35. The molecule has 0 atom stereocenters. The summed E-state index contributed by atoms with van der Waals surface area (Å²) in [6.07, 6.45) is 3.24. The first-order valence-electron chi connectivity index (χ1n) is 2.43. The van der Waals surface area contributed by atoms with E-state index in [0.29, 0.717) is 4.85 Å². The Hall–Kier alpha value is -0.770. The summed E-state index contributed by atoms with van der Waals surface area (Å²) >= 11 is 1.45. The number of aromatic nitrogens is 2. The second kappa shape index (κ2) is 2.68. The van der Waals surface area contributed by atoms with E-state index in [2.05, 4.69) is 5.10 Å². The third-order valence-electron chi connectivity index (χ3n) is 0.859. The highest BCUT2D eigenvalue weighted by Crippen LogP contribution is 2.05. The van der Waals surface area contributed by atoms with E-state index in [9.17, 15) is 5.21 Å². The van der Waals surface area contributed by atoms with Crippen LogP contribution in [0.2, 0.25) is 0 Å². The zero-order valence-corrected chi connectivity index (χ0v) is 5.76. The maximum Gasteiger partial charge on any atom is 0.209 e. The van der Waals surface area contributed by atoms with Crippen molar-refractivity contribution in [3.05, 3.63) is 23.5 Å². The van der Waals surface area contributed by atoms with Crippen molar-refractivity contribution >= 4 is 11.8 Å². The second-order valence-electron chi connectivity index (χ2n) is 1.45. The Labute approximate surface area is 57.3 Å². The Morgan fingerprint density at radius 2 is 2.56 bits per heavy atom. The van der Waals surface area contributed by atoms with Gasteiger partial charge >= 0.3 is 0 Å². The summed E-state index contributed by atoms with van der Waals surface area (Å²) in [5.41, 5.74) is 0. The van der Waals surface area contributed by atoms with E-state index in [-0.39, 0.29) is 0 Å². The van der Waals surface area contributed by atoms with Crippen LogP contribution in [0.4, 0.5) is 0 Å². The number of hydrogen-bond donors (Lipinski definition) is 0. The molecule has 0 amide bonds. The molecule has 1 rings (SSSR count). The van der Waals surface area contributed by atoms with Gasteiger partial charge in [0.15, 0.2) is 5.03 Å². The lowest BCUT2D eigenvalue weighted by Gasteiger charge is -1.91. The highest BCUT2D eigenvalue weighted by atomic mass is 32.2. The highest BCUT2D eigenvalue weighted by molar-refractivity contribution is 7.98. The van der Waals surface area contributed by atoms with Gasteiger partial charge in [0.05, 0.1) is 0 Å². The molecule has 1 heterocycles. The third kappa shape index (κ3) is 1.57. The smallest absolute Gasteiger partial charge is 0.209 e. The van der Waals surface area contributed by atoms with E-state index >= 15 is 0 Å². The van der Waals surface area contributed by atoms with Gasteiger partial charge in [-0.1, -0.05) is 4.85 Å². The number of nitrogens with zero attached hydrogens (tertiary/aromatic N) is 2. The molecule has 0 radical (unpaired) electrons. The van der Waals surface area contributed by atoms with Crippen molar-refractivity contribution < 1.29 is 4.85 Å². The van der Waals surface area contributed by atoms with E-state index < -0.39 is 0 Å². The van der Waals surface area contributed by atoms with E-state index in [1.165, 1.54) is 18.0 Å². The van der Waals surface area contributed by atoms with Gasteiger partial charge in [-0.25, -0.2) is 0 Å². The topological polar surface area (TPSA) is 39.8 Å². The van der Waals surface area contributed by atoms with Crippen LogP contribution in [-0.4, -0.2) is 11.4 Å². The molecule has 0 fully saturated rings. The lowest BCUT2D eigenvalue weighted by molar-refractivity contribution is -0.672. The minimum Gasteiger partial charge on any atom is -0.594 e. The van der Waals surface area contributed by atoms with Crippen LogP contribution in [-0.2, 0) is 0 Å². The monoisotopic (exact) mass is 142 g/mol. The minimum atomic E-state index is 0.547. The first-order valence-corrected chi connectivity index (χ1v) is 3.66. The molecule has 0 spiro atoms. The van der Waals surface area contributed by atoms with Crippen LogP contribution < -0.4 is 4.85 Å². The van der Waals surface area contributed by atoms with Crippen LogP contribution in [0.1, 0.15) is 0 Å². The van der Waals surface area contributed by atoms with Crippen molar-refractivity contribution in [3.63, 3.8) is 0 Å². The highest BCUT2D eigenvalue weighted by Gasteiger charge is 1.93. The predicted molar refractivity (Wildman–Crippen MR) is 35.0 cm³/mol. The average Bonchev–Trinajstić information content (AvgIpc) is 1.88. The van der Waals surface area contributed by atoms with Gasteiger partial charge in [-0.2, -0.15) is 0 Å². The fraction of sp³-hybridized carbons (Fsp3) is 0.200. The fourth-order valence-corrected chi connectivity index (χ4v) is 0.848. The zero-order chi connectivity index (χ0) is 6.69. The molecular weight excluding hydrogens is 136 g/mol. The molecule has 0 aliphatic heterocycles. The van der Waals surface area contributed by atoms with E-state index in [1.807, 2.05) is 6.26 Å². The van der Waals surface area contributed by atoms with Crippen molar-refractivity contribution in [2.24, 2.45) is 0 Å². The standard InChI is InChI=1S/C5H6N2OS/c1-9-5-3-2-4-7(8)6-5/h2-4H,1H3. The molecule has 0 N–H and O–H groups in total. The third-order valence-corrected chi connectivity index (χ3v) is 1.49. The average molecular weight is 142 g/mol. The molecule has 9 heavy (non-hydrogen) atoms. The summed E-state index contributed by atoms with van der Waals surface area (Å²) in [6.45, 7) is 0. The second-order valence-corrected chi connectivity index (χ2v) is 2.28. The summed E-state index contributed by atoms with van der Waals surface area (Å²) in [5, 5.41) is 14.8. The largest absolute Gasteiger partial charge is 0.594 e. The summed E-state index contributed by atoms with van der Waals surface area (Å²) < 4.78 is 0. The van der Waals surface area contributed by atoms with Gasteiger partial charge in [0, 0.05) is 11.2 Å². The minimum absolute atomic E-state index is 0.547. The summed E-state index contributed by atoms with van der Waals surface area (Å²) in [6, 6.07) is 3.46. The molecule has 3 nitrogen and oxygen atoms in total. The predicted octanol–water partition coefficient (Wildman–Crippen LogP) is 0.437. The van der Waals surface area contributed by atoms with Crippen molar-refractivity contribution in [2.75, 3.05) is 6.26 Å². The van der Waals surface area contributed by atoms with Gasteiger partial charge < -0.3 is 5.21 Å². The summed E-state index contributed by atoms with van der Waals surface area (Å²) in [7, 11) is 0. The molecule has 0 saturated carbocycles. The quantitative estimate of drug-likeness (QED) is 0.324. The SMILES string of the molecule is CSc1ccc[n+]([O-])n1. The van der Waals surface area contributed by atoms with E-state index in [0.717, 1.165) is 5.03 Å². The Morgan fingerprint density at radius 3 is 3.00 bits per heavy atom. The van der Waals surface area contributed by atoms with E-state index in [1.54, 1.807) is 12.1 Å². The van der Waals surface area contributed by atoms with Crippen molar-refractivity contribution in [1.82, 2.24) is 5.10 Å². The molecule has 1 aromatic heterocycles. The van der Waals surface area contributed by atoms with Gasteiger partial charge in [0.2, 0.25) is 6.20 Å². The Kier molecular flexibility index (Phi) is 1.89. The number of rotatable bonds is 1. The Morgan fingerprint density at radius 1 is 1.78 bits per heavy atom. The molecule has 0 aliphatic carbocycles. The summed E-state index contributed by atoms with van der Waals surface area (Å²) in [5.74, 6) is 0. The first-order chi connectivity index (χ1) is 4.33. The maximum absolute atomic E-state index is 10.4. The number of hydrogen-bond acceptors (Lipinski definition) is 3. The molecular formula is C5H6N2OS. The Balaban J connectivity index is 2.94. The molecule has 0 aromatic carbocycles. The Bertz CT molecular complexity index is 204. The molecule has 0 bridgehead atoms. The van der Waals surface area contributed by atoms with Gasteiger partial charge in [0.25, 0.3) is 0 Å². The maximum atomic E-state index is 10.4. The lowest BCUT2D eigenvalue weighted by atomic mass is 10.6. The lowest BCUT2D eigenvalue weighted by Crippen LogP contribution is -2.29. The van der Waals surface area contributed by atoms with Gasteiger partial charge in [-0.15, -0.1) is 11.8 Å². The van der Waals surface area contributed by atoms with Gasteiger partial charge in [0.1, 0.15) is 0 Å². The number of thioether (sulfide) groups is 1. The van der Waals surface area contributed by atoms with Crippen molar-refractivity contribution in [3.8, 4) is 0 Å². The molecule has 1 aromatic rings. The summed E-state index contributed by atoms with van der Waals surface area (Å²) in [4.78, 5) is 0.547. The molecule has 0 aliphatic rings. The zero-order valence-electron chi connectivity index (χ0n) is 4.94.